The van der Waals surface area contributed by atoms with Crippen molar-refractivity contribution in [3.8, 4) is 0 Å². The second-order valence-corrected chi connectivity index (χ2v) is 4.78. The Morgan fingerprint density at radius 2 is 2.18 bits per heavy atom. The molecule has 0 spiro atoms. The summed E-state index contributed by atoms with van der Waals surface area (Å²) in [4.78, 5) is 17.8. The van der Waals surface area contributed by atoms with Crippen molar-refractivity contribution in [1.82, 2.24) is 4.98 Å². The van der Waals surface area contributed by atoms with Crippen molar-refractivity contribution < 1.29 is 9.18 Å². The van der Waals surface area contributed by atoms with Crippen LogP contribution in [0.5, 0.6) is 0 Å². The van der Waals surface area contributed by atoms with Crippen LogP contribution in [0.3, 0.4) is 0 Å². The molecule has 1 aromatic heterocycles. The SMILES string of the molecule is Cc1cc(C(=O)N=[N+]=[N-])ccc1NC(C)c1cccc(F)n1. The molecule has 112 valence electrons. The molecule has 1 atom stereocenters. The van der Waals surface area contributed by atoms with Crippen LogP contribution in [0.4, 0.5) is 10.1 Å². The number of benzene rings is 1. The number of aryl methyl sites for hydroxylation is 1. The Hall–Kier alpha value is -2.92. The Morgan fingerprint density at radius 3 is 2.82 bits per heavy atom. The maximum Gasteiger partial charge on any atom is 0.249 e. The van der Waals surface area contributed by atoms with E-state index in [1.807, 2.05) is 13.8 Å². The minimum absolute atomic E-state index is 0.201. The van der Waals surface area contributed by atoms with Crippen molar-refractivity contribution in [3.05, 3.63) is 69.6 Å². The normalized spacial score (nSPS) is 11.4. The van der Waals surface area contributed by atoms with Crippen molar-refractivity contribution in [2.75, 3.05) is 5.32 Å². The van der Waals surface area contributed by atoms with Gasteiger partial charge < -0.3 is 5.32 Å². The number of nitrogens with one attached hydrogen (secondary N) is 1. The van der Waals surface area contributed by atoms with Gasteiger partial charge in [0, 0.05) is 16.2 Å². The maximum atomic E-state index is 13.1. The lowest BCUT2D eigenvalue weighted by Crippen LogP contribution is -2.10. The second-order valence-electron chi connectivity index (χ2n) is 4.78. The number of carbonyl (C=O) groups is 1. The van der Waals surface area contributed by atoms with Crippen molar-refractivity contribution >= 4 is 11.6 Å². The lowest BCUT2D eigenvalue weighted by molar-refractivity contribution is 0.100. The zero-order valence-electron chi connectivity index (χ0n) is 12.1. The fraction of sp³-hybridized carbons (Fsp3) is 0.200. The van der Waals surface area contributed by atoms with E-state index in [1.165, 1.54) is 6.07 Å². The van der Waals surface area contributed by atoms with Crippen LogP contribution in [0.25, 0.3) is 10.4 Å². The molecule has 6 nitrogen and oxygen atoms in total. The molecule has 0 saturated carbocycles. The van der Waals surface area contributed by atoms with E-state index in [0.717, 1.165) is 11.3 Å². The molecule has 1 aromatic carbocycles. The van der Waals surface area contributed by atoms with Crippen molar-refractivity contribution in [2.24, 2.45) is 5.11 Å². The highest BCUT2D eigenvalue weighted by molar-refractivity contribution is 5.95. The van der Waals surface area contributed by atoms with Gasteiger partial charge in [-0.05, 0) is 60.4 Å². The van der Waals surface area contributed by atoms with E-state index < -0.39 is 11.9 Å². The van der Waals surface area contributed by atoms with Gasteiger partial charge in [0.2, 0.25) is 11.9 Å². The summed E-state index contributed by atoms with van der Waals surface area (Å²) in [6, 6.07) is 9.33. The van der Waals surface area contributed by atoms with Gasteiger partial charge in [-0.2, -0.15) is 4.39 Å². The maximum absolute atomic E-state index is 13.1. The van der Waals surface area contributed by atoms with E-state index in [2.05, 4.69) is 20.3 Å². The zero-order valence-corrected chi connectivity index (χ0v) is 12.1. The molecule has 0 radical (unpaired) electrons. The Kier molecular flexibility index (Phi) is 4.70. The highest BCUT2D eigenvalue weighted by atomic mass is 19.1. The smallest absolute Gasteiger partial charge is 0.249 e. The quantitative estimate of drug-likeness (QED) is 0.398. The first kappa shape index (κ1) is 15.5. The molecule has 0 fully saturated rings. The molecule has 1 unspecified atom stereocenters. The average Bonchev–Trinajstić information content (AvgIpc) is 2.49. The van der Waals surface area contributed by atoms with Crippen LogP contribution in [0.1, 0.15) is 34.6 Å². The average molecular weight is 299 g/mol. The fourth-order valence-corrected chi connectivity index (χ4v) is 2.03. The van der Waals surface area contributed by atoms with Gasteiger partial charge in [-0.25, -0.2) is 4.98 Å². The molecule has 0 aliphatic heterocycles. The third-order valence-electron chi connectivity index (χ3n) is 3.16. The fourth-order valence-electron chi connectivity index (χ4n) is 2.03. The third-order valence-corrected chi connectivity index (χ3v) is 3.16. The predicted molar refractivity (Wildman–Crippen MR) is 80.9 cm³/mol. The molecule has 7 heteroatoms. The minimum atomic E-state index is -0.628. The highest BCUT2D eigenvalue weighted by Crippen LogP contribution is 2.22. The largest absolute Gasteiger partial charge is 0.377 e. The number of carbonyl (C=O) groups excluding carboxylic acids is 1. The molecular weight excluding hydrogens is 285 g/mol. The van der Waals surface area contributed by atoms with E-state index in [4.69, 9.17) is 5.53 Å². The summed E-state index contributed by atoms with van der Waals surface area (Å²) >= 11 is 0. The van der Waals surface area contributed by atoms with E-state index in [0.29, 0.717) is 11.3 Å². The first-order valence-electron chi connectivity index (χ1n) is 6.60. The number of halogens is 1. The Bertz CT molecular complexity index is 755. The third kappa shape index (κ3) is 3.59. The number of aromatic nitrogens is 1. The van der Waals surface area contributed by atoms with Gasteiger partial charge in [-0.1, -0.05) is 6.07 Å². The number of amides is 1. The summed E-state index contributed by atoms with van der Waals surface area (Å²) in [5.41, 5.74) is 10.8. The van der Waals surface area contributed by atoms with Crippen LogP contribution in [-0.4, -0.2) is 10.9 Å². The summed E-state index contributed by atoms with van der Waals surface area (Å²) < 4.78 is 13.1. The van der Waals surface area contributed by atoms with Crippen molar-refractivity contribution in [1.29, 1.82) is 0 Å². The minimum Gasteiger partial charge on any atom is -0.377 e. The molecule has 0 bridgehead atoms. The van der Waals surface area contributed by atoms with Gasteiger partial charge in [-0.3, -0.25) is 4.79 Å². The number of rotatable bonds is 4. The zero-order chi connectivity index (χ0) is 16.1. The lowest BCUT2D eigenvalue weighted by Gasteiger charge is -2.17. The molecule has 0 aliphatic rings. The van der Waals surface area contributed by atoms with Gasteiger partial charge in [-0.15, -0.1) is 0 Å². The van der Waals surface area contributed by atoms with Crippen LogP contribution in [0.2, 0.25) is 0 Å². The molecule has 22 heavy (non-hydrogen) atoms. The van der Waals surface area contributed by atoms with Crippen LogP contribution in [0.15, 0.2) is 41.5 Å². The summed E-state index contributed by atoms with van der Waals surface area (Å²) in [5, 5.41) is 6.26. The molecule has 1 amide bonds. The van der Waals surface area contributed by atoms with E-state index in [-0.39, 0.29) is 6.04 Å². The van der Waals surface area contributed by atoms with E-state index >= 15 is 0 Å². The summed E-state index contributed by atoms with van der Waals surface area (Å²) in [7, 11) is 0. The van der Waals surface area contributed by atoms with E-state index in [9.17, 15) is 9.18 Å². The van der Waals surface area contributed by atoms with E-state index in [1.54, 1.807) is 30.3 Å². The number of azide groups is 1. The van der Waals surface area contributed by atoms with Gasteiger partial charge >= 0.3 is 0 Å². The first-order valence-corrected chi connectivity index (χ1v) is 6.60. The van der Waals surface area contributed by atoms with Crippen LogP contribution in [0, 0.1) is 12.9 Å². The Labute approximate surface area is 126 Å². The Morgan fingerprint density at radius 1 is 1.41 bits per heavy atom. The first-order chi connectivity index (χ1) is 10.5. The van der Waals surface area contributed by atoms with Gasteiger partial charge in [0.15, 0.2) is 0 Å². The lowest BCUT2D eigenvalue weighted by atomic mass is 10.1. The summed E-state index contributed by atoms with van der Waals surface area (Å²) in [6.07, 6.45) is 0. The standard InChI is InChI=1S/C15H14FN5O/c1-9-8-11(15(22)20-21-17)6-7-12(9)18-10(2)13-4-3-5-14(16)19-13/h3-8,10,18H,1-2H3. The van der Waals surface area contributed by atoms with Gasteiger partial charge in [0.25, 0.3) is 0 Å². The van der Waals surface area contributed by atoms with Crippen molar-refractivity contribution in [3.63, 3.8) is 0 Å². The van der Waals surface area contributed by atoms with Gasteiger partial charge in [0.1, 0.15) is 0 Å². The van der Waals surface area contributed by atoms with Crippen molar-refractivity contribution in [2.45, 2.75) is 19.9 Å². The summed E-state index contributed by atoms with van der Waals surface area (Å²) in [6.45, 7) is 3.68. The molecule has 2 rings (SSSR count). The molecule has 1 N–H and O–H groups in total. The predicted octanol–water partition coefficient (Wildman–Crippen LogP) is 4.15. The molecule has 0 saturated heterocycles. The molecule has 1 heterocycles. The topological polar surface area (TPSA) is 90.8 Å². The number of pyridine rings is 1. The van der Waals surface area contributed by atoms with Crippen LogP contribution < -0.4 is 5.32 Å². The summed E-state index contributed by atoms with van der Waals surface area (Å²) in [5.74, 6) is -1.16. The van der Waals surface area contributed by atoms with Crippen LogP contribution >= 0.6 is 0 Å². The second kappa shape index (κ2) is 6.69. The number of anilines is 1. The molecular formula is C15H14FN5O. The number of nitrogens with zero attached hydrogens (tertiary/aromatic N) is 4. The monoisotopic (exact) mass is 299 g/mol. The number of hydrogen-bond donors (Lipinski definition) is 1. The molecule has 2 aromatic rings. The van der Waals surface area contributed by atoms with Gasteiger partial charge in [0.05, 0.1) is 11.7 Å². The molecule has 0 aliphatic carbocycles. The van der Waals surface area contributed by atoms with Crippen LogP contribution in [-0.2, 0) is 0 Å². The highest BCUT2D eigenvalue weighted by Gasteiger charge is 2.11. The number of hydrogen-bond acceptors (Lipinski definition) is 3. The Balaban J connectivity index is 2.20.